The fraction of sp³-hybridized carbons (Fsp3) is 0.867. The lowest BCUT2D eigenvalue weighted by molar-refractivity contribution is -0.0644. The van der Waals surface area contributed by atoms with Crippen molar-refractivity contribution >= 4 is 0 Å². The molecular formula is C15H27NO2. The van der Waals surface area contributed by atoms with Gasteiger partial charge in [0, 0.05) is 13.0 Å². The summed E-state index contributed by atoms with van der Waals surface area (Å²) in [5.41, 5.74) is -0.341. The summed E-state index contributed by atoms with van der Waals surface area (Å²) in [4.78, 5) is 2.32. The molecule has 1 aliphatic rings. The molecule has 104 valence electrons. The van der Waals surface area contributed by atoms with Crippen molar-refractivity contribution in [3.8, 4) is 12.3 Å². The van der Waals surface area contributed by atoms with E-state index >= 15 is 0 Å². The summed E-state index contributed by atoms with van der Waals surface area (Å²) in [5, 5.41) is 9.98. The minimum absolute atomic E-state index is 0.341. The summed E-state index contributed by atoms with van der Waals surface area (Å²) in [6, 6.07) is 0. The minimum Gasteiger partial charge on any atom is -0.389 e. The van der Waals surface area contributed by atoms with E-state index < -0.39 is 6.10 Å². The first-order valence-corrected chi connectivity index (χ1v) is 6.91. The van der Waals surface area contributed by atoms with Crippen molar-refractivity contribution in [2.45, 2.75) is 51.7 Å². The molecule has 1 fully saturated rings. The smallest absolute Gasteiger partial charge is 0.0900 e. The standard InChI is InChI=1S/C15H27NO2/c1-5-8-15(3,4)18-12-14(17)11-16-9-6-13(2)7-10-16/h1,13-14,17H,6-12H2,2-4H3. The Labute approximate surface area is 112 Å². The van der Waals surface area contributed by atoms with E-state index in [1.807, 2.05) is 13.8 Å². The number of rotatable bonds is 6. The lowest BCUT2D eigenvalue weighted by Gasteiger charge is -2.32. The highest BCUT2D eigenvalue weighted by Crippen LogP contribution is 2.17. The molecule has 0 spiro atoms. The van der Waals surface area contributed by atoms with E-state index in [-0.39, 0.29) is 5.60 Å². The number of ether oxygens (including phenoxy) is 1. The van der Waals surface area contributed by atoms with Crippen LogP contribution in [0.2, 0.25) is 0 Å². The van der Waals surface area contributed by atoms with Crippen LogP contribution in [0.15, 0.2) is 0 Å². The molecule has 3 heteroatoms. The number of hydrogen-bond donors (Lipinski definition) is 1. The van der Waals surface area contributed by atoms with E-state index in [1.165, 1.54) is 12.8 Å². The van der Waals surface area contributed by atoms with E-state index in [2.05, 4.69) is 17.7 Å². The number of aliphatic hydroxyl groups excluding tert-OH is 1. The Balaban J connectivity index is 2.21. The number of β-amino-alcohol motifs (C(OH)–C–C–N with tert-alkyl or cyclic N) is 1. The Morgan fingerprint density at radius 3 is 2.61 bits per heavy atom. The van der Waals surface area contributed by atoms with E-state index in [4.69, 9.17) is 11.2 Å². The second-order valence-corrected chi connectivity index (χ2v) is 6.09. The summed E-state index contributed by atoms with van der Waals surface area (Å²) in [6.07, 6.45) is 7.90. The van der Waals surface area contributed by atoms with Crippen LogP contribution < -0.4 is 0 Å². The number of aliphatic hydroxyl groups is 1. The molecule has 1 heterocycles. The molecule has 3 nitrogen and oxygen atoms in total. The average Bonchev–Trinajstić information content (AvgIpc) is 2.30. The normalized spacial score (nSPS) is 20.6. The molecule has 0 aromatic rings. The SMILES string of the molecule is C#CCC(C)(C)OCC(O)CN1CCC(C)CC1. The first-order valence-electron chi connectivity index (χ1n) is 6.91. The van der Waals surface area contributed by atoms with Crippen LogP contribution in [0.3, 0.4) is 0 Å². The zero-order valence-corrected chi connectivity index (χ0v) is 12.0. The Morgan fingerprint density at radius 2 is 2.06 bits per heavy atom. The molecule has 0 aromatic carbocycles. The highest BCUT2D eigenvalue weighted by atomic mass is 16.5. The van der Waals surface area contributed by atoms with E-state index in [0.717, 1.165) is 19.0 Å². The van der Waals surface area contributed by atoms with Gasteiger partial charge in [-0.25, -0.2) is 0 Å². The van der Waals surface area contributed by atoms with Crippen molar-refractivity contribution in [3.63, 3.8) is 0 Å². The van der Waals surface area contributed by atoms with Crippen molar-refractivity contribution in [1.29, 1.82) is 0 Å². The first kappa shape index (κ1) is 15.5. The molecule has 1 N–H and O–H groups in total. The van der Waals surface area contributed by atoms with Gasteiger partial charge < -0.3 is 14.7 Å². The lowest BCUT2D eigenvalue weighted by atomic mass is 9.99. The largest absolute Gasteiger partial charge is 0.389 e. The van der Waals surface area contributed by atoms with Gasteiger partial charge >= 0.3 is 0 Å². The molecule has 1 aliphatic heterocycles. The highest BCUT2D eigenvalue weighted by Gasteiger charge is 2.21. The summed E-state index contributed by atoms with van der Waals surface area (Å²) >= 11 is 0. The van der Waals surface area contributed by atoms with E-state index in [9.17, 15) is 5.11 Å². The maximum absolute atomic E-state index is 9.98. The molecule has 18 heavy (non-hydrogen) atoms. The molecule has 0 radical (unpaired) electrons. The molecule has 1 rings (SSSR count). The summed E-state index contributed by atoms with van der Waals surface area (Å²) in [7, 11) is 0. The van der Waals surface area contributed by atoms with Crippen LogP contribution in [0.5, 0.6) is 0 Å². The molecule has 0 aromatic heterocycles. The number of nitrogens with zero attached hydrogens (tertiary/aromatic N) is 1. The van der Waals surface area contributed by atoms with Crippen LogP contribution >= 0.6 is 0 Å². The Hall–Kier alpha value is -0.560. The van der Waals surface area contributed by atoms with Gasteiger partial charge in [0.2, 0.25) is 0 Å². The van der Waals surface area contributed by atoms with Gasteiger partial charge in [-0.15, -0.1) is 12.3 Å². The van der Waals surface area contributed by atoms with Crippen LogP contribution in [0.25, 0.3) is 0 Å². The number of terminal acetylenes is 1. The first-order chi connectivity index (χ1) is 8.43. The molecule has 1 unspecified atom stereocenters. The predicted octanol–water partition coefficient (Wildman–Crippen LogP) is 1.90. The fourth-order valence-corrected chi connectivity index (χ4v) is 2.21. The average molecular weight is 253 g/mol. The van der Waals surface area contributed by atoms with Gasteiger partial charge in [-0.3, -0.25) is 0 Å². The molecule has 1 saturated heterocycles. The van der Waals surface area contributed by atoms with Crippen molar-refractivity contribution in [3.05, 3.63) is 0 Å². The summed E-state index contributed by atoms with van der Waals surface area (Å²) in [5.74, 6) is 3.42. The molecule has 0 saturated carbocycles. The number of likely N-dealkylation sites (tertiary alicyclic amines) is 1. The van der Waals surface area contributed by atoms with Crippen molar-refractivity contribution < 1.29 is 9.84 Å². The topological polar surface area (TPSA) is 32.7 Å². The Bertz CT molecular complexity index is 275. The van der Waals surface area contributed by atoms with Gasteiger partial charge in [-0.2, -0.15) is 0 Å². The highest BCUT2D eigenvalue weighted by molar-refractivity contribution is 4.92. The second-order valence-electron chi connectivity index (χ2n) is 6.09. The third-order valence-electron chi connectivity index (χ3n) is 3.54. The zero-order valence-electron chi connectivity index (χ0n) is 12.0. The quantitative estimate of drug-likeness (QED) is 0.734. The maximum Gasteiger partial charge on any atom is 0.0900 e. The van der Waals surface area contributed by atoms with Crippen LogP contribution in [0.1, 0.15) is 40.0 Å². The van der Waals surface area contributed by atoms with Gasteiger partial charge in [0.15, 0.2) is 0 Å². The van der Waals surface area contributed by atoms with E-state index in [1.54, 1.807) is 0 Å². The monoisotopic (exact) mass is 253 g/mol. The van der Waals surface area contributed by atoms with Crippen LogP contribution in [-0.4, -0.2) is 48.0 Å². The Morgan fingerprint density at radius 1 is 1.44 bits per heavy atom. The van der Waals surface area contributed by atoms with E-state index in [0.29, 0.717) is 19.6 Å². The number of piperidine rings is 1. The number of hydrogen-bond acceptors (Lipinski definition) is 3. The molecule has 1 atom stereocenters. The van der Waals surface area contributed by atoms with Crippen molar-refractivity contribution in [2.75, 3.05) is 26.2 Å². The maximum atomic E-state index is 9.98. The molecular weight excluding hydrogens is 226 g/mol. The summed E-state index contributed by atoms with van der Waals surface area (Å²) in [6.45, 7) is 9.46. The van der Waals surface area contributed by atoms with Crippen LogP contribution in [-0.2, 0) is 4.74 Å². The molecule has 0 amide bonds. The van der Waals surface area contributed by atoms with Crippen molar-refractivity contribution in [1.82, 2.24) is 4.90 Å². The fourth-order valence-electron chi connectivity index (χ4n) is 2.21. The van der Waals surface area contributed by atoms with Gasteiger partial charge in [0.1, 0.15) is 0 Å². The third kappa shape index (κ3) is 5.86. The Kier molecular flexibility index (Phi) is 6.14. The summed E-state index contributed by atoms with van der Waals surface area (Å²) < 4.78 is 5.68. The van der Waals surface area contributed by atoms with Crippen LogP contribution in [0, 0.1) is 18.3 Å². The van der Waals surface area contributed by atoms with Crippen molar-refractivity contribution in [2.24, 2.45) is 5.92 Å². The van der Waals surface area contributed by atoms with Gasteiger partial charge in [0.05, 0.1) is 18.3 Å². The zero-order chi connectivity index (χ0) is 13.6. The van der Waals surface area contributed by atoms with Gasteiger partial charge in [0.25, 0.3) is 0 Å². The van der Waals surface area contributed by atoms with Gasteiger partial charge in [-0.05, 0) is 45.7 Å². The minimum atomic E-state index is -0.421. The molecule has 0 aliphatic carbocycles. The molecule has 0 bridgehead atoms. The van der Waals surface area contributed by atoms with Gasteiger partial charge in [-0.1, -0.05) is 6.92 Å². The third-order valence-corrected chi connectivity index (χ3v) is 3.54. The van der Waals surface area contributed by atoms with Crippen LogP contribution in [0.4, 0.5) is 0 Å². The second kappa shape index (κ2) is 7.13. The lowest BCUT2D eigenvalue weighted by Crippen LogP contribution is -2.41. The predicted molar refractivity (Wildman–Crippen MR) is 74.3 cm³/mol.